The van der Waals surface area contributed by atoms with E-state index in [-0.39, 0.29) is 6.10 Å². The zero-order valence-corrected chi connectivity index (χ0v) is 10.7. The van der Waals surface area contributed by atoms with Crippen molar-refractivity contribution in [3.8, 4) is 5.75 Å². The average molecular weight is 278 g/mol. The van der Waals surface area contributed by atoms with Crippen LogP contribution in [0.2, 0.25) is 5.02 Å². The molecule has 0 heterocycles. The highest BCUT2D eigenvalue weighted by molar-refractivity contribution is 9.10. The van der Waals surface area contributed by atoms with Crippen molar-refractivity contribution in [1.29, 1.82) is 0 Å². The molecule has 0 unspecified atom stereocenters. The van der Waals surface area contributed by atoms with Gasteiger partial charge in [-0.2, -0.15) is 0 Å². The Bertz CT molecular complexity index is 297. The fraction of sp³-hybridized carbons (Fsp3) is 0.455. The van der Waals surface area contributed by atoms with Crippen molar-refractivity contribution in [2.45, 2.75) is 32.8 Å². The lowest BCUT2D eigenvalue weighted by Crippen LogP contribution is -2.13. The van der Waals surface area contributed by atoms with E-state index in [1.165, 1.54) is 0 Å². The zero-order valence-electron chi connectivity index (χ0n) is 8.39. The molecule has 0 N–H and O–H groups in total. The van der Waals surface area contributed by atoms with E-state index in [1.807, 2.05) is 18.2 Å². The van der Waals surface area contributed by atoms with Crippen molar-refractivity contribution in [3.05, 3.63) is 27.7 Å². The van der Waals surface area contributed by atoms with Gasteiger partial charge in [-0.15, -0.1) is 0 Å². The first kappa shape index (κ1) is 11.9. The molecule has 0 radical (unpaired) electrons. The molecule has 0 aliphatic heterocycles. The first-order valence-corrected chi connectivity index (χ1v) is 5.96. The fourth-order valence-corrected chi connectivity index (χ4v) is 1.92. The Labute approximate surface area is 98.5 Å². The molecule has 0 amide bonds. The third kappa shape index (κ3) is 3.18. The van der Waals surface area contributed by atoms with Crippen LogP contribution in [0.4, 0.5) is 0 Å². The molecular weight excluding hydrogens is 263 g/mol. The van der Waals surface area contributed by atoms with Crippen molar-refractivity contribution >= 4 is 27.5 Å². The topological polar surface area (TPSA) is 9.23 Å². The number of hydrogen-bond acceptors (Lipinski definition) is 1. The quantitative estimate of drug-likeness (QED) is 0.777. The van der Waals surface area contributed by atoms with Crippen LogP contribution in [-0.2, 0) is 0 Å². The summed E-state index contributed by atoms with van der Waals surface area (Å²) in [6.07, 6.45) is 2.26. The van der Waals surface area contributed by atoms with E-state index in [9.17, 15) is 0 Å². The molecule has 0 aliphatic carbocycles. The van der Waals surface area contributed by atoms with E-state index in [0.717, 1.165) is 23.1 Å². The first-order chi connectivity index (χ1) is 6.67. The summed E-state index contributed by atoms with van der Waals surface area (Å²) in [5.41, 5.74) is 0. The number of rotatable bonds is 4. The molecule has 14 heavy (non-hydrogen) atoms. The van der Waals surface area contributed by atoms with Crippen LogP contribution in [0.5, 0.6) is 5.75 Å². The zero-order chi connectivity index (χ0) is 10.6. The third-order valence-electron chi connectivity index (χ3n) is 2.10. The number of hydrogen-bond donors (Lipinski definition) is 0. The van der Waals surface area contributed by atoms with Crippen LogP contribution in [0.1, 0.15) is 26.7 Å². The molecule has 0 aliphatic rings. The van der Waals surface area contributed by atoms with Crippen LogP contribution in [0.25, 0.3) is 0 Å². The maximum atomic E-state index is 6.03. The molecule has 3 heteroatoms. The number of ether oxygens (including phenoxy) is 1. The Morgan fingerprint density at radius 2 is 2.00 bits per heavy atom. The van der Waals surface area contributed by atoms with Gasteiger partial charge in [0.25, 0.3) is 0 Å². The van der Waals surface area contributed by atoms with E-state index in [1.54, 1.807) is 0 Å². The van der Waals surface area contributed by atoms with Gasteiger partial charge < -0.3 is 4.74 Å². The van der Waals surface area contributed by atoms with E-state index in [2.05, 4.69) is 29.8 Å². The lowest BCUT2D eigenvalue weighted by Gasteiger charge is -2.16. The Kier molecular flexibility index (Phi) is 4.76. The largest absolute Gasteiger partial charge is 0.489 e. The molecule has 0 fully saturated rings. The van der Waals surface area contributed by atoms with Crippen molar-refractivity contribution in [2.75, 3.05) is 0 Å². The van der Waals surface area contributed by atoms with Crippen LogP contribution in [0.15, 0.2) is 22.7 Å². The minimum atomic E-state index is 0.258. The van der Waals surface area contributed by atoms with Gasteiger partial charge in [0.1, 0.15) is 5.75 Å². The van der Waals surface area contributed by atoms with Crippen LogP contribution < -0.4 is 4.74 Å². The summed E-state index contributed by atoms with van der Waals surface area (Å²) in [6.45, 7) is 4.22. The highest BCUT2D eigenvalue weighted by Crippen LogP contribution is 2.29. The van der Waals surface area contributed by atoms with Gasteiger partial charge in [0.15, 0.2) is 0 Å². The summed E-state index contributed by atoms with van der Waals surface area (Å²) in [6, 6.07) is 5.67. The summed E-state index contributed by atoms with van der Waals surface area (Å²) in [5, 5.41) is 0.659. The minimum absolute atomic E-state index is 0.258. The molecule has 1 aromatic rings. The molecular formula is C11H14BrClO. The van der Waals surface area contributed by atoms with Gasteiger partial charge in [-0.3, -0.25) is 0 Å². The van der Waals surface area contributed by atoms with Crippen molar-refractivity contribution in [3.63, 3.8) is 0 Å². The predicted octanol–water partition coefficient (Wildman–Crippen LogP) is 4.67. The third-order valence-corrected chi connectivity index (χ3v) is 2.89. The minimum Gasteiger partial charge on any atom is -0.489 e. The molecule has 78 valence electrons. The van der Waals surface area contributed by atoms with Crippen molar-refractivity contribution in [1.82, 2.24) is 0 Å². The molecule has 0 aromatic heterocycles. The second kappa shape index (κ2) is 5.62. The van der Waals surface area contributed by atoms with Crippen molar-refractivity contribution in [2.24, 2.45) is 0 Å². The molecule has 0 saturated carbocycles. The summed E-state index contributed by atoms with van der Waals surface area (Å²) in [5.74, 6) is 0.767. The number of benzene rings is 1. The Hall–Kier alpha value is -0.210. The van der Waals surface area contributed by atoms with Gasteiger partial charge in [0.2, 0.25) is 0 Å². The first-order valence-electron chi connectivity index (χ1n) is 4.79. The van der Waals surface area contributed by atoms with Crippen LogP contribution >= 0.6 is 27.5 Å². The summed E-state index contributed by atoms with van der Waals surface area (Å²) in [7, 11) is 0. The van der Waals surface area contributed by atoms with E-state index in [0.29, 0.717) is 5.02 Å². The lowest BCUT2D eigenvalue weighted by atomic mass is 10.2. The molecule has 0 atom stereocenters. The smallest absolute Gasteiger partial charge is 0.138 e. The van der Waals surface area contributed by atoms with Gasteiger partial charge in [0.05, 0.1) is 11.1 Å². The average Bonchev–Trinajstić information content (AvgIpc) is 2.17. The maximum Gasteiger partial charge on any atom is 0.138 e. The Balaban J connectivity index is 2.76. The van der Waals surface area contributed by atoms with Gasteiger partial charge in [0, 0.05) is 4.47 Å². The molecule has 1 nitrogen and oxygen atoms in total. The van der Waals surface area contributed by atoms with Gasteiger partial charge in [-0.1, -0.05) is 41.4 Å². The Morgan fingerprint density at radius 1 is 1.36 bits per heavy atom. The monoisotopic (exact) mass is 276 g/mol. The number of halogens is 2. The molecule has 0 spiro atoms. The molecule has 0 bridgehead atoms. The van der Waals surface area contributed by atoms with Crippen LogP contribution in [0.3, 0.4) is 0 Å². The standard InChI is InChI=1S/C11H14BrClO/c1-3-9(4-2)14-11-6-5-8(12)7-10(11)13/h5-7,9H,3-4H2,1-2H3. The lowest BCUT2D eigenvalue weighted by molar-refractivity contribution is 0.193. The van der Waals surface area contributed by atoms with Crippen LogP contribution in [0, 0.1) is 0 Å². The van der Waals surface area contributed by atoms with Gasteiger partial charge >= 0.3 is 0 Å². The fourth-order valence-electron chi connectivity index (χ4n) is 1.21. The highest BCUT2D eigenvalue weighted by atomic mass is 79.9. The summed E-state index contributed by atoms with van der Waals surface area (Å²) < 4.78 is 6.72. The van der Waals surface area contributed by atoms with E-state index >= 15 is 0 Å². The SMILES string of the molecule is CCC(CC)Oc1ccc(Br)cc1Cl. The molecule has 1 aromatic carbocycles. The molecule has 1 rings (SSSR count). The van der Waals surface area contributed by atoms with E-state index < -0.39 is 0 Å². The summed E-state index contributed by atoms with van der Waals surface area (Å²) in [4.78, 5) is 0. The van der Waals surface area contributed by atoms with Gasteiger partial charge in [-0.05, 0) is 31.0 Å². The van der Waals surface area contributed by atoms with Crippen LogP contribution in [-0.4, -0.2) is 6.10 Å². The highest BCUT2D eigenvalue weighted by Gasteiger charge is 2.08. The predicted molar refractivity (Wildman–Crippen MR) is 64.2 cm³/mol. The second-order valence-corrected chi connectivity index (χ2v) is 4.45. The Morgan fingerprint density at radius 3 is 2.50 bits per heavy atom. The normalized spacial score (nSPS) is 10.6. The van der Waals surface area contributed by atoms with Gasteiger partial charge in [-0.25, -0.2) is 0 Å². The second-order valence-electron chi connectivity index (χ2n) is 3.13. The summed E-state index contributed by atoms with van der Waals surface area (Å²) >= 11 is 9.39. The molecule has 0 saturated heterocycles. The maximum absolute atomic E-state index is 6.03. The van der Waals surface area contributed by atoms with E-state index in [4.69, 9.17) is 16.3 Å². The van der Waals surface area contributed by atoms with Crippen molar-refractivity contribution < 1.29 is 4.74 Å².